The number of nitrogens with zero attached hydrogens (tertiary/aromatic N) is 1. The highest BCUT2D eigenvalue weighted by molar-refractivity contribution is 7.80. The third-order valence-corrected chi connectivity index (χ3v) is 6.47. The summed E-state index contributed by atoms with van der Waals surface area (Å²) < 4.78 is 0. The summed E-state index contributed by atoms with van der Waals surface area (Å²) in [7, 11) is 0. The SMILES string of the molecule is CC(C)C(NC(=O)C(N)CS)C(=O)NC(CCCN=C(N)N)C(=O)NC(Cc1c[nH]c2ccccc12)C(=O)O. The number of nitrogens with one attached hydrogen (secondary N) is 4. The lowest BCUT2D eigenvalue weighted by Gasteiger charge is -2.27. The summed E-state index contributed by atoms with van der Waals surface area (Å²) in [5, 5.41) is 18.5. The molecule has 2 aromatic rings. The van der Waals surface area contributed by atoms with E-state index in [4.69, 9.17) is 17.2 Å². The molecule has 0 fully saturated rings. The van der Waals surface area contributed by atoms with E-state index in [0.29, 0.717) is 6.42 Å². The number of aliphatic carboxylic acids is 1. The summed E-state index contributed by atoms with van der Waals surface area (Å²) in [6, 6.07) is 3.13. The quantitative estimate of drug-likeness (QED) is 0.0577. The number of carbonyl (C=O) groups excluding carboxylic acids is 3. The number of benzene rings is 1. The maximum atomic E-state index is 13.3. The largest absolute Gasteiger partial charge is 0.480 e. The Balaban J connectivity index is 2.21. The average Bonchev–Trinajstić information content (AvgIpc) is 3.30. The van der Waals surface area contributed by atoms with Crippen LogP contribution in [0.1, 0.15) is 32.3 Å². The molecule has 0 saturated heterocycles. The van der Waals surface area contributed by atoms with Gasteiger partial charge in [-0.15, -0.1) is 0 Å². The topological polar surface area (TPSA) is 231 Å². The molecule has 1 aromatic carbocycles. The van der Waals surface area contributed by atoms with Crippen LogP contribution in [0.25, 0.3) is 10.9 Å². The van der Waals surface area contributed by atoms with Gasteiger partial charge in [0.2, 0.25) is 17.7 Å². The van der Waals surface area contributed by atoms with Crippen molar-refractivity contribution in [3.05, 3.63) is 36.0 Å². The van der Waals surface area contributed by atoms with E-state index >= 15 is 0 Å². The van der Waals surface area contributed by atoms with E-state index in [1.165, 1.54) is 0 Å². The molecule has 39 heavy (non-hydrogen) atoms. The minimum atomic E-state index is -1.26. The molecular formula is C25H38N8O5S. The van der Waals surface area contributed by atoms with Gasteiger partial charge in [-0.05, 0) is 30.4 Å². The van der Waals surface area contributed by atoms with Crippen molar-refractivity contribution >= 4 is 53.2 Å². The minimum absolute atomic E-state index is 0.0199. The number of carboxylic acid groups (broad SMARTS) is 1. The van der Waals surface area contributed by atoms with Crippen molar-refractivity contribution in [3.63, 3.8) is 0 Å². The molecule has 0 aliphatic rings. The summed E-state index contributed by atoms with van der Waals surface area (Å²) in [5.74, 6) is -3.46. The summed E-state index contributed by atoms with van der Waals surface area (Å²) >= 11 is 4.01. The standard InChI is InChI=1S/C25H38N8O5S/c1-13(2)20(33-21(34)16(26)12-39)23(36)31-18(8-5-9-29-25(27)28)22(35)32-19(24(37)38)10-14-11-30-17-7-4-3-6-15(14)17/h3-4,6-7,11,13,16,18-20,30,39H,5,8-10,12,26H2,1-2H3,(H,31,36)(H,32,35)(H,33,34)(H,37,38)(H4,27,28,29). The number of hydrogen-bond acceptors (Lipinski definition) is 7. The van der Waals surface area contributed by atoms with Gasteiger partial charge in [0.1, 0.15) is 18.1 Å². The molecule has 0 bridgehead atoms. The highest BCUT2D eigenvalue weighted by atomic mass is 32.1. The Bertz CT molecular complexity index is 1180. The second-order valence-corrected chi connectivity index (χ2v) is 9.86. The Labute approximate surface area is 232 Å². The molecule has 14 heteroatoms. The van der Waals surface area contributed by atoms with Crippen molar-refractivity contribution in [2.45, 2.75) is 57.3 Å². The van der Waals surface area contributed by atoms with Crippen LogP contribution in [0.4, 0.5) is 0 Å². The first-order valence-electron chi connectivity index (χ1n) is 12.5. The van der Waals surface area contributed by atoms with Gasteiger partial charge >= 0.3 is 5.97 Å². The number of amides is 3. The van der Waals surface area contributed by atoms with Crippen LogP contribution in [0.3, 0.4) is 0 Å². The number of para-hydroxylation sites is 1. The first-order chi connectivity index (χ1) is 18.4. The van der Waals surface area contributed by atoms with E-state index in [1.54, 1.807) is 20.0 Å². The summed E-state index contributed by atoms with van der Waals surface area (Å²) in [6.07, 6.45) is 2.15. The molecular weight excluding hydrogens is 524 g/mol. The Morgan fingerprint density at radius 3 is 2.31 bits per heavy atom. The van der Waals surface area contributed by atoms with E-state index in [1.807, 2.05) is 24.3 Å². The van der Waals surface area contributed by atoms with E-state index in [-0.39, 0.29) is 37.0 Å². The fraction of sp³-hybridized carbons (Fsp3) is 0.480. The van der Waals surface area contributed by atoms with Gasteiger partial charge in [0.05, 0.1) is 6.04 Å². The van der Waals surface area contributed by atoms with Crippen molar-refractivity contribution in [3.8, 4) is 0 Å². The molecule has 2 rings (SSSR count). The van der Waals surface area contributed by atoms with Crippen molar-refractivity contribution in [1.29, 1.82) is 0 Å². The number of carbonyl (C=O) groups is 4. The predicted octanol–water partition coefficient (Wildman–Crippen LogP) is -0.784. The predicted molar refractivity (Wildman–Crippen MR) is 152 cm³/mol. The molecule has 0 aliphatic heterocycles. The fourth-order valence-electron chi connectivity index (χ4n) is 3.90. The third-order valence-electron chi connectivity index (χ3n) is 6.07. The van der Waals surface area contributed by atoms with Gasteiger partial charge < -0.3 is 43.2 Å². The van der Waals surface area contributed by atoms with E-state index in [2.05, 4.69) is 38.6 Å². The zero-order valence-corrected chi connectivity index (χ0v) is 22.9. The number of rotatable bonds is 15. The number of thiol groups is 1. The smallest absolute Gasteiger partial charge is 0.326 e. The summed E-state index contributed by atoms with van der Waals surface area (Å²) in [6.45, 7) is 3.65. The zero-order valence-electron chi connectivity index (χ0n) is 22.0. The second-order valence-electron chi connectivity index (χ2n) is 9.49. The van der Waals surface area contributed by atoms with Gasteiger partial charge in [-0.25, -0.2) is 4.79 Å². The monoisotopic (exact) mass is 562 g/mol. The minimum Gasteiger partial charge on any atom is -0.480 e. The Kier molecular flexibility index (Phi) is 12.1. The Hall–Kier alpha value is -3.78. The number of hydrogen-bond donors (Lipinski definition) is 9. The molecule has 11 N–H and O–H groups in total. The molecule has 214 valence electrons. The van der Waals surface area contributed by atoms with Crippen molar-refractivity contribution < 1.29 is 24.3 Å². The van der Waals surface area contributed by atoms with Crippen LogP contribution >= 0.6 is 12.6 Å². The number of carboxylic acids is 1. The number of guanidine groups is 1. The van der Waals surface area contributed by atoms with Gasteiger partial charge in [-0.1, -0.05) is 32.0 Å². The lowest BCUT2D eigenvalue weighted by molar-refractivity contribution is -0.142. The van der Waals surface area contributed by atoms with Crippen LogP contribution in [0.2, 0.25) is 0 Å². The van der Waals surface area contributed by atoms with Crippen LogP contribution < -0.4 is 33.2 Å². The first kappa shape index (κ1) is 31.4. The fourth-order valence-corrected chi connectivity index (χ4v) is 4.07. The number of aliphatic imine (C=N–C) groups is 1. The van der Waals surface area contributed by atoms with Crippen molar-refractivity contribution in [2.24, 2.45) is 28.1 Å². The van der Waals surface area contributed by atoms with Crippen molar-refractivity contribution in [1.82, 2.24) is 20.9 Å². The maximum Gasteiger partial charge on any atom is 0.326 e. The lowest BCUT2D eigenvalue weighted by atomic mass is 10.0. The number of aromatic amines is 1. The van der Waals surface area contributed by atoms with Crippen LogP contribution in [-0.2, 0) is 25.6 Å². The number of aromatic nitrogens is 1. The molecule has 0 spiro atoms. The van der Waals surface area contributed by atoms with Gasteiger partial charge in [0, 0.05) is 35.8 Å². The van der Waals surface area contributed by atoms with E-state index < -0.39 is 47.9 Å². The van der Waals surface area contributed by atoms with E-state index in [9.17, 15) is 24.3 Å². The lowest BCUT2D eigenvalue weighted by Crippen LogP contribution is -2.58. The van der Waals surface area contributed by atoms with Crippen LogP contribution in [0.15, 0.2) is 35.5 Å². The highest BCUT2D eigenvalue weighted by Crippen LogP contribution is 2.19. The highest BCUT2D eigenvalue weighted by Gasteiger charge is 2.31. The molecule has 0 aliphatic carbocycles. The molecule has 1 aromatic heterocycles. The normalized spacial score (nSPS) is 14.2. The maximum absolute atomic E-state index is 13.3. The number of H-pyrrole nitrogens is 1. The van der Waals surface area contributed by atoms with Gasteiger partial charge in [-0.3, -0.25) is 19.4 Å². The summed E-state index contributed by atoms with van der Waals surface area (Å²) in [5.41, 5.74) is 18.0. The van der Waals surface area contributed by atoms with Crippen LogP contribution in [-0.4, -0.2) is 76.2 Å². The van der Waals surface area contributed by atoms with Crippen molar-refractivity contribution in [2.75, 3.05) is 12.3 Å². The molecule has 1 heterocycles. The molecule has 0 saturated carbocycles. The molecule has 0 radical (unpaired) electrons. The summed E-state index contributed by atoms with van der Waals surface area (Å²) in [4.78, 5) is 57.8. The number of nitrogens with two attached hydrogens (primary N) is 3. The Morgan fingerprint density at radius 1 is 1.03 bits per heavy atom. The molecule has 4 unspecified atom stereocenters. The molecule has 13 nitrogen and oxygen atoms in total. The first-order valence-corrected chi connectivity index (χ1v) is 13.2. The van der Waals surface area contributed by atoms with Crippen LogP contribution in [0, 0.1) is 5.92 Å². The van der Waals surface area contributed by atoms with Crippen LogP contribution in [0.5, 0.6) is 0 Å². The number of fused-ring (bicyclic) bond motifs is 1. The molecule has 3 amide bonds. The van der Waals surface area contributed by atoms with Gasteiger partial charge in [0.15, 0.2) is 5.96 Å². The van der Waals surface area contributed by atoms with Gasteiger partial charge in [0.25, 0.3) is 0 Å². The van der Waals surface area contributed by atoms with E-state index in [0.717, 1.165) is 16.5 Å². The second kappa shape index (κ2) is 15.0. The average molecular weight is 563 g/mol. The Morgan fingerprint density at radius 2 is 1.69 bits per heavy atom. The molecule has 4 atom stereocenters. The third kappa shape index (κ3) is 9.48. The van der Waals surface area contributed by atoms with Gasteiger partial charge in [-0.2, -0.15) is 12.6 Å². The zero-order chi connectivity index (χ0) is 29.1.